The standard InChI is InChI=1S/C11H20N4O2/c1-8-6-11(7-15(8)2)9(16)13-10(14-11)12-4-5-17-3/h8H,4-7H2,1-3H3,(H2,12,13,14,16). The van der Waals surface area contributed by atoms with E-state index in [-0.39, 0.29) is 5.91 Å². The topological polar surface area (TPSA) is 66.0 Å². The summed E-state index contributed by atoms with van der Waals surface area (Å²) < 4.78 is 4.92. The molecule has 0 aromatic rings. The van der Waals surface area contributed by atoms with Crippen molar-refractivity contribution in [1.82, 2.24) is 15.5 Å². The first-order chi connectivity index (χ1) is 8.07. The third-order valence-corrected chi connectivity index (χ3v) is 3.51. The number of nitrogens with one attached hydrogen (secondary N) is 2. The zero-order chi connectivity index (χ0) is 12.5. The average Bonchev–Trinajstić information content (AvgIpc) is 2.70. The molecular weight excluding hydrogens is 220 g/mol. The Hall–Kier alpha value is -1.14. The van der Waals surface area contributed by atoms with E-state index in [2.05, 4.69) is 27.4 Å². The van der Waals surface area contributed by atoms with Gasteiger partial charge in [0.05, 0.1) is 13.2 Å². The van der Waals surface area contributed by atoms with Crippen LogP contribution < -0.4 is 10.6 Å². The van der Waals surface area contributed by atoms with Crippen LogP contribution in [0, 0.1) is 0 Å². The first-order valence-electron chi connectivity index (χ1n) is 5.91. The molecule has 2 N–H and O–H groups in total. The quantitative estimate of drug-likeness (QED) is 0.632. The molecular formula is C11H20N4O2. The van der Waals surface area contributed by atoms with E-state index >= 15 is 0 Å². The first kappa shape index (κ1) is 12.3. The molecule has 0 bridgehead atoms. The molecule has 2 aliphatic heterocycles. The Morgan fingerprint density at radius 2 is 2.41 bits per heavy atom. The molecule has 6 nitrogen and oxygen atoms in total. The van der Waals surface area contributed by atoms with Gasteiger partial charge < -0.3 is 15.0 Å². The van der Waals surface area contributed by atoms with Gasteiger partial charge in [-0.25, -0.2) is 0 Å². The second-order valence-corrected chi connectivity index (χ2v) is 4.85. The van der Waals surface area contributed by atoms with Gasteiger partial charge in [-0.1, -0.05) is 0 Å². The van der Waals surface area contributed by atoms with E-state index in [1.807, 2.05) is 7.05 Å². The number of nitrogens with zero attached hydrogens (tertiary/aromatic N) is 2. The lowest BCUT2D eigenvalue weighted by atomic mass is 9.97. The first-order valence-corrected chi connectivity index (χ1v) is 5.91. The van der Waals surface area contributed by atoms with Crippen molar-refractivity contribution in [2.24, 2.45) is 4.99 Å². The maximum Gasteiger partial charge on any atom is 0.253 e. The number of aliphatic imine (C=N–C) groups is 1. The van der Waals surface area contributed by atoms with E-state index in [0.717, 1.165) is 13.0 Å². The van der Waals surface area contributed by atoms with Crippen LogP contribution in [0.25, 0.3) is 0 Å². The molecule has 2 unspecified atom stereocenters. The molecule has 0 aromatic carbocycles. The zero-order valence-corrected chi connectivity index (χ0v) is 10.6. The van der Waals surface area contributed by atoms with Gasteiger partial charge in [-0.3, -0.25) is 15.1 Å². The van der Waals surface area contributed by atoms with Gasteiger partial charge in [0.2, 0.25) is 0 Å². The number of likely N-dealkylation sites (N-methyl/N-ethyl adjacent to an activating group) is 1. The highest BCUT2D eigenvalue weighted by atomic mass is 16.5. The molecule has 2 fully saturated rings. The number of ether oxygens (including phenoxy) is 1. The summed E-state index contributed by atoms with van der Waals surface area (Å²) in [5.41, 5.74) is -0.486. The SMILES string of the molecule is COCCN=C1NC(=O)C2(CC(C)N(C)C2)N1. The van der Waals surface area contributed by atoms with Crippen molar-refractivity contribution in [3.05, 3.63) is 0 Å². The predicted molar refractivity (Wildman–Crippen MR) is 64.9 cm³/mol. The molecule has 0 aromatic heterocycles. The Balaban J connectivity index is 2.03. The number of likely N-dealkylation sites (tertiary alicyclic amines) is 1. The molecule has 2 atom stereocenters. The lowest BCUT2D eigenvalue weighted by molar-refractivity contribution is -0.123. The fourth-order valence-corrected chi connectivity index (χ4v) is 2.43. The van der Waals surface area contributed by atoms with Crippen LogP contribution in [0.1, 0.15) is 13.3 Å². The molecule has 0 aliphatic carbocycles. The van der Waals surface area contributed by atoms with Crippen molar-refractivity contribution in [2.45, 2.75) is 24.9 Å². The Bertz CT molecular complexity index is 332. The molecule has 2 rings (SSSR count). The summed E-state index contributed by atoms with van der Waals surface area (Å²) in [6, 6.07) is 0.409. The predicted octanol–water partition coefficient (Wildman–Crippen LogP) is -0.829. The molecule has 1 amide bonds. The summed E-state index contributed by atoms with van der Waals surface area (Å²) in [5.74, 6) is 0.611. The van der Waals surface area contributed by atoms with Crippen molar-refractivity contribution in [3.8, 4) is 0 Å². The van der Waals surface area contributed by atoms with Crippen molar-refractivity contribution < 1.29 is 9.53 Å². The van der Waals surface area contributed by atoms with Crippen molar-refractivity contribution >= 4 is 11.9 Å². The van der Waals surface area contributed by atoms with Crippen LogP contribution in [0.15, 0.2) is 4.99 Å². The van der Waals surface area contributed by atoms with Crippen LogP contribution in [-0.4, -0.2) is 62.2 Å². The molecule has 0 saturated carbocycles. The Labute approximate surface area is 101 Å². The fourth-order valence-electron chi connectivity index (χ4n) is 2.43. The summed E-state index contributed by atoms with van der Waals surface area (Å²) in [6.07, 6.45) is 0.818. The lowest BCUT2D eigenvalue weighted by Crippen LogP contribution is -2.48. The van der Waals surface area contributed by atoms with Gasteiger partial charge in [-0.05, 0) is 20.4 Å². The molecule has 2 aliphatic rings. The van der Waals surface area contributed by atoms with Gasteiger partial charge in [0.1, 0.15) is 5.54 Å². The van der Waals surface area contributed by atoms with E-state index in [0.29, 0.717) is 25.2 Å². The van der Waals surface area contributed by atoms with Crippen molar-refractivity contribution in [2.75, 3.05) is 33.9 Å². The number of methoxy groups -OCH3 is 1. The molecule has 2 heterocycles. The minimum Gasteiger partial charge on any atom is -0.383 e. The maximum atomic E-state index is 12.0. The normalized spacial score (nSPS) is 35.6. The van der Waals surface area contributed by atoms with E-state index in [1.54, 1.807) is 7.11 Å². The van der Waals surface area contributed by atoms with Gasteiger partial charge in [0.15, 0.2) is 5.96 Å². The number of carbonyl (C=O) groups is 1. The largest absolute Gasteiger partial charge is 0.383 e. The number of hydrogen-bond donors (Lipinski definition) is 2. The van der Waals surface area contributed by atoms with E-state index in [1.165, 1.54) is 0 Å². The summed E-state index contributed by atoms with van der Waals surface area (Å²) in [5, 5.41) is 6.03. The Kier molecular flexibility index (Phi) is 3.35. The highest BCUT2D eigenvalue weighted by Gasteiger charge is 2.51. The number of rotatable bonds is 3. The highest BCUT2D eigenvalue weighted by molar-refractivity contribution is 6.09. The highest BCUT2D eigenvalue weighted by Crippen LogP contribution is 2.28. The summed E-state index contributed by atoms with van der Waals surface area (Å²) >= 11 is 0. The number of amides is 1. The Morgan fingerprint density at radius 1 is 1.65 bits per heavy atom. The second kappa shape index (κ2) is 4.62. The van der Waals surface area contributed by atoms with Crippen LogP contribution >= 0.6 is 0 Å². The summed E-state index contributed by atoms with van der Waals surface area (Å²) in [4.78, 5) is 18.5. The van der Waals surface area contributed by atoms with E-state index < -0.39 is 5.54 Å². The monoisotopic (exact) mass is 240 g/mol. The lowest BCUT2D eigenvalue weighted by Gasteiger charge is -2.19. The van der Waals surface area contributed by atoms with Gasteiger partial charge >= 0.3 is 0 Å². The van der Waals surface area contributed by atoms with E-state index in [9.17, 15) is 4.79 Å². The van der Waals surface area contributed by atoms with Crippen LogP contribution in [0.3, 0.4) is 0 Å². The third-order valence-electron chi connectivity index (χ3n) is 3.51. The number of hydrogen-bond acceptors (Lipinski definition) is 4. The molecule has 17 heavy (non-hydrogen) atoms. The molecule has 0 radical (unpaired) electrons. The summed E-state index contributed by atoms with van der Waals surface area (Å²) in [7, 11) is 3.67. The van der Waals surface area contributed by atoms with Gasteiger partial charge in [0.25, 0.3) is 5.91 Å². The van der Waals surface area contributed by atoms with Crippen LogP contribution in [0.5, 0.6) is 0 Å². The van der Waals surface area contributed by atoms with Gasteiger partial charge in [0, 0.05) is 19.7 Å². The third kappa shape index (κ3) is 2.28. The minimum atomic E-state index is -0.486. The Morgan fingerprint density at radius 3 is 3.00 bits per heavy atom. The smallest absolute Gasteiger partial charge is 0.253 e. The molecule has 96 valence electrons. The number of guanidine groups is 1. The van der Waals surface area contributed by atoms with Crippen molar-refractivity contribution in [3.63, 3.8) is 0 Å². The minimum absolute atomic E-state index is 0.0323. The molecule has 1 spiro atoms. The summed E-state index contributed by atoms with van der Waals surface area (Å²) in [6.45, 7) is 3.97. The zero-order valence-electron chi connectivity index (χ0n) is 10.6. The number of carbonyl (C=O) groups excluding carboxylic acids is 1. The average molecular weight is 240 g/mol. The van der Waals surface area contributed by atoms with Crippen LogP contribution in [-0.2, 0) is 9.53 Å². The molecule has 6 heteroatoms. The maximum absolute atomic E-state index is 12.0. The van der Waals surface area contributed by atoms with Gasteiger partial charge in [-0.15, -0.1) is 0 Å². The van der Waals surface area contributed by atoms with Crippen LogP contribution in [0.2, 0.25) is 0 Å². The molecule has 2 saturated heterocycles. The van der Waals surface area contributed by atoms with E-state index in [4.69, 9.17) is 4.74 Å². The fraction of sp³-hybridized carbons (Fsp3) is 0.818. The second-order valence-electron chi connectivity index (χ2n) is 4.85. The van der Waals surface area contributed by atoms with Gasteiger partial charge in [-0.2, -0.15) is 0 Å². The van der Waals surface area contributed by atoms with Crippen molar-refractivity contribution in [1.29, 1.82) is 0 Å². The van der Waals surface area contributed by atoms with Crippen LogP contribution in [0.4, 0.5) is 0 Å².